The summed E-state index contributed by atoms with van der Waals surface area (Å²) >= 11 is 0. The summed E-state index contributed by atoms with van der Waals surface area (Å²) in [6.45, 7) is 9.92. The van der Waals surface area contributed by atoms with E-state index in [1.54, 1.807) is 12.5 Å². The molecule has 3 nitrogen and oxygen atoms in total. The smallest absolute Gasteiger partial charge is 0.217 e. The number of carbonyl (C=O) groups excluding carboxylic acids is 1. The summed E-state index contributed by atoms with van der Waals surface area (Å²) in [5, 5.41) is 3.06. The fourth-order valence-electron chi connectivity index (χ4n) is 4.44. The largest absolute Gasteiger partial charge is 0.354 e. The Bertz CT molecular complexity index is 419. The molecule has 1 N–H and O–H groups in total. The van der Waals surface area contributed by atoms with Crippen LogP contribution in [0.2, 0.25) is 0 Å². The second-order valence-corrected chi connectivity index (χ2v) is 7.57. The van der Waals surface area contributed by atoms with Gasteiger partial charge in [0.15, 0.2) is 0 Å². The molecule has 3 aliphatic carbocycles. The number of hydrogen-bond donors (Lipinski definition) is 1. The van der Waals surface area contributed by atoms with Crippen molar-refractivity contribution in [3.63, 3.8) is 0 Å². The van der Waals surface area contributed by atoms with E-state index in [0.29, 0.717) is 11.5 Å². The highest BCUT2D eigenvalue weighted by molar-refractivity contribution is 5.73. The zero-order chi connectivity index (χ0) is 14.3. The van der Waals surface area contributed by atoms with Crippen molar-refractivity contribution in [2.45, 2.75) is 52.5 Å². The Morgan fingerprint density at radius 3 is 2.65 bits per heavy atom. The highest BCUT2D eigenvalue weighted by atomic mass is 16.1. The molecule has 0 spiro atoms. The van der Waals surface area contributed by atoms with Crippen LogP contribution in [0.1, 0.15) is 46.5 Å². The van der Waals surface area contributed by atoms with Gasteiger partial charge in [-0.1, -0.05) is 25.5 Å². The average molecular weight is 276 g/mol. The second kappa shape index (κ2) is 5.18. The highest BCUT2D eigenvalue weighted by Crippen LogP contribution is 2.59. The predicted molar refractivity (Wildman–Crippen MR) is 81.4 cm³/mol. The number of amides is 1. The van der Waals surface area contributed by atoms with Crippen molar-refractivity contribution in [1.29, 1.82) is 0 Å². The third-order valence-electron chi connectivity index (χ3n) is 5.98. The van der Waals surface area contributed by atoms with Gasteiger partial charge in [0.05, 0.1) is 0 Å². The summed E-state index contributed by atoms with van der Waals surface area (Å²) < 4.78 is 0. The van der Waals surface area contributed by atoms with E-state index in [-0.39, 0.29) is 5.91 Å². The van der Waals surface area contributed by atoms with Gasteiger partial charge in [-0.2, -0.15) is 0 Å². The van der Waals surface area contributed by atoms with E-state index in [4.69, 9.17) is 0 Å². The summed E-state index contributed by atoms with van der Waals surface area (Å²) in [4.78, 5) is 13.7. The van der Waals surface area contributed by atoms with Gasteiger partial charge < -0.3 is 5.32 Å². The van der Waals surface area contributed by atoms with Gasteiger partial charge in [0.1, 0.15) is 0 Å². The van der Waals surface area contributed by atoms with Crippen LogP contribution in [0.25, 0.3) is 0 Å². The van der Waals surface area contributed by atoms with Gasteiger partial charge in [-0.3, -0.25) is 9.69 Å². The Hall–Kier alpha value is -0.830. The van der Waals surface area contributed by atoms with Crippen molar-refractivity contribution in [3.05, 3.63) is 11.6 Å². The number of nitrogens with zero attached hydrogens (tertiary/aromatic N) is 1. The molecule has 0 aromatic rings. The Balaban J connectivity index is 1.51. The van der Waals surface area contributed by atoms with Crippen LogP contribution < -0.4 is 5.32 Å². The first-order valence-electron chi connectivity index (χ1n) is 8.15. The lowest BCUT2D eigenvalue weighted by Gasteiger charge is -2.57. The van der Waals surface area contributed by atoms with E-state index in [2.05, 4.69) is 30.1 Å². The molecule has 4 rings (SSSR count). The number of allylic oxidation sites excluding steroid dienone is 1. The van der Waals surface area contributed by atoms with Gasteiger partial charge in [-0.25, -0.2) is 0 Å². The maximum absolute atomic E-state index is 11.1. The second-order valence-electron chi connectivity index (χ2n) is 7.57. The van der Waals surface area contributed by atoms with E-state index >= 15 is 0 Å². The summed E-state index contributed by atoms with van der Waals surface area (Å²) in [7, 11) is 0. The molecule has 1 amide bonds. The third-order valence-corrected chi connectivity index (χ3v) is 5.98. The van der Waals surface area contributed by atoms with Crippen molar-refractivity contribution >= 4 is 5.91 Å². The number of piperidine rings is 1. The first kappa shape index (κ1) is 14.1. The van der Waals surface area contributed by atoms with Crippen LogP contribution in [0.5, 0.6) is 0 Å². The van der Waals surface area contributed by atoms with Gasteiger partial charge in [-0.05, 0) is 42.9 Å². The molecule has 0 aromatic carbocycles. The van der Waals surface area contributed by atoms with Crippen LogP contribution in [-0.4, -0.2) is 36.5 Å². The van der Waals surface area contributed by atoms with Crippen molar-refractivity contribution < 1.29 is 4.79 Å². The molecule has 112 valence electrons. The Kier molecular flexibility index (Phi) is 3.65. The van der Waals surface area contributed by atoms with E-state index in [0.717, 1.165) is 44.3 Å². The SMILES string of the molecule is CC(=O)NC1CCN(CC2=CCC3CC2C3(C)C)CC1. The van der Waals surface area contributed by atoms with Crippen molar-refractivity contribution in [1.82, 2.24) is 10.2 Å². The minimum atomic E-state index is 0.112. The molecule has 2 atom stereocenters. The number of fused-ring (bicyclic) bond motifs is 1. The van der Waals surface area contributed by atoms with Gasteiger partial charge >= 0.3 is 0 Å². The van der Waals surface area contributed by atoms with Gasteiger partial charge in [0, 0.05) is 32.6 Å². The standard InChI is InChI=1S/C17H28N2O/c1-12(20)18-15-6-8-19(9-7-15)11-13-4-5-14-10-16(13)17(14,2)3/h4,14-16H,5-11H2,1-3H3,(H,18,20). The molecule has 4 aliphatic rings. The van der Waals surface area contributed by atoms with Crippen LogP contribution in [0, 0.1) is 17.3 Å². The van der Waals surface area contributed by atoms with Gasteiger partial charge in [-0.15, -0.1) is 0 Å². The first-order chi connectivity index (χ1) is 9.46. The lowest BCUT2D eigenvalue weighted by atomic mass is 9.49. The highest BCUT2D eigenvalue weighted by Gasteiger charge is 2.51. The van der Waals surface area contributed by atoms with E-state index in [9.17, 15) is 4.79 Å². The summed E-state index contributed by atoms with van der Waals surface area (Å²) in [5.74, 6) is 1.87. The lowest BCUT2D eigenvalue weighted by Crippen LogP contribution is -2.51. The summed E-state index contributed by atoms with van der Waals surface area (Å²) in [5.41, 5.74) is 2.23. The minimum Gasteiger partial charge on any atom is -0.354 e. The first-order valence-corrected chi connectivity index (χ1v) is 8.15. The van der Waals surface area contributed by atoms with E-state index in [1.807, 2.05) is 0 Å². The van der Waals surface area contributed by atoms with Crippen molar-refractivity contribution in [3.8, 4) is 0 Å². The molecule has 2 fully saturated rings. The zero-order valence-corrected chi connectivity index (χ0v) is 13.1. The van der Waals surface area contributed by atoms with Crippen LogP contribution in [0.4, 0.5) is 0 Å². The molecule has 3 heteroatoms. The number of nitrogens with one attached hydrogen (secondary N) is 1. The Morgan fingerprint density at radius 1 is 1.40 bits per heavy atom. The number of hydrogen-bond acceptors (Lipinski definition) is 2. The monoisotopic (exact) mass is 276 g/mol. The van der Waals surface area contributed by atoms with Crippen LogP contribution in [0.15, 0.2) is 11.6 Å². The third kappa shape index (κ3) is 2.52. The number of rotatable bonds is 3. The maximum Gasteiger partial charge on any atom is 0.217 e. The topological polar surface area (TPSA) is 32.3 Å². The Morgan fingerprint density at radius 2 is 2.10 bits per heavy atom. The maximum atomic E-state index is 11.1. The molecule has 2 bridgehead atoms. The minimum absolute atomic E-state index is 0.112. The number of carbonyl (C=O) groups is 1. The molecule has 1 saturated heterocycles. The molecular formula is C17H28N2O. The molecule has 1 saturated carbocycles. The van der Waals surface area contributed by atoms with Gasteiger partial charge in [0.25, 0.3) is 0 Å². The van der Waals surface area contributed by atoms with Crippen LogP contribution in [0.3, 0.4) is 0 Å². The van der Waals surface area contributed by atoms with Crippen molar-refractivity contribution in [2.75, 3.05) is 19.6 Å². The average Bonchev–Trinajstić information content (AvgIpc) is 2.40. The van der Waals surface area contributed by atoms with Crippen molar-refractivity contribution in [2.24, 2.45) is 17.3 Å². The molecule has 1 aliphatic heterocycles. The number of likely N-dealkylation sites (tertiary alicyclic amines) is 1. The van der Waals surface area contributed by atoms with E-state index < -0.39 is 0 Å². The zero-order valence-electron chi connectivity index (χ0n) is 13.1. The van der Waals surface area contributed by atoms with Crippen LogP contribution >= 0.6 is 0 Å². The Labute approximate surface area is 122 Å². The van der Waals surface area contributed by atoms with Gasteiger partial charge in [0.2, 0.25) is 5.91 Å². The molecule has 0 aromatic heterocycles. The van der Waals surface area contributed by atoms with Crippen LogP contribution in [-0.2, 0) is 4.79 Å². The summed E-state index contributed by atoms with van der Waals surface area (Å²) in [6, 6.07) is 0.397. The molecular weight excluding hydrogens is 248 g/mol. The fourth-order valence-corrected chi connectivity index (χ4v) is 4.44. The quantitative estimate of drug-likeness (QED) is 0.804. The summed E-state index contributed by atoms with van der Waals surface area (Å²) in [6.07, 6.45) is 7.43. The molecule has 2 unspecified atom stereocenters. The molecule has 20 heavy (non-hydrogen) atoms. The molecule has 1 heterocycles. The fraction of sp³-hybridized carbons (Fsp3) is 0.824. The lowest BCUT2D eigenvalue weighted by molar-refractivity contribution is -0.119. The normalized spacial score (nSPS) is 33.2. The predicted octanol–water partition coefficient (Wildman–Crippen LogP) is 2.58. The van der Waals surface area contributed by atoms with E-state index in [1.165, 1.54) is 12.8 Å². The molecule has 0 radical (unpaired) electrons.